The molecular weight excluding hydrogens is 323 g/mol. The topological polar surface area (TPSA) is 46.5 Å². The van der Waals surface area contributed by atoms with Gasteiger partial charge in [0.1, 0.15) is 12.4 Å². The lowest BCUT2D eigenvalue weighted by molar-refractivity contribution is 0.0696. The van der Waals surface area contributed by atoms with Gasteiger partial charge in [0.25, 0.3) is 0 Å². The van der Waals surface area contributed by atoms with E-state index in [0.29, 0.717) is 26.4 Å². The van der Waals surface area contributed by atoms with E-state index in [9.17, 15) is 4.79 Å². The molecule has 2 aromatic rings. The summed E-state index contributed by atoms with van der Waals surface area (Å²) in [6, 6.07) is 9.48. The molecule has 0 unspecified atom stereocenters. The van der Waals surface area contributed by atoms with Crippen molar-refractivity contribution in [1.29, 1.82) is 0 Å². The van der Waals surface area contributed by atoms with Crippen molar-refractivity contribution >= 4 is 40.8 Å². The lowest BCUT2D eigenvalue weighted by Gasteiger charge is -2.09. The standard InChI is InChI=1S/C14H9Cl3O3/c15-10-5-12(17)13(6-11(10)16)20-7-8-2-1-3-9(4-8)14(18)19/h1-6H,7H2,(H,18,19). The average molecular weight is 332 g/mol. The number of carboxylic acids is 1. The monoisotopic (exact) mass is 330 g/mol. The summed E-state index contributed by atoms with van der Waals surface area (Å²) >= 11 is 17.7. The second kappa shape index (κ2) is 6.35. The van der Waals surface area contributed by atoms with E-state index in [1.165, 1.54) is 24.3 Å². The molecule has 0 aliphatic rings. The van der Waals surface area contributed by atoms with Crippen LogP contribution < -0.4 is 4.74 Å². The fraction of sp³-hybridized carbons (Fsp3) is 0.0714. The van der Waals surface area contributed by atoms with Crippen molar-refractivity contribution in [3.8, 4) is 5.75 Å². The third-order valence-corrected chi connectivity index (χ3v) is 3.56. The third kappa shape index (κ3) is 3.57. The number of halogens is 3. The molecule has 0 saturated carbocycles. The van der Waals surface area contributed by atoms with E-state index in [-0.39, 0.29) is 12.2 Å². The zero-order valence-corrected chi connectivity index (χ0v) is 12.3. The zero-order valence-electron chi connectivity index (χ0n) is 10.1. The Bertz CT molecular complexity index is 656. The van der Waals surface area contributed by atoms with Gasteiger partial charge in [0.05, 0.1) is 20.6 Å². The second-order valence-corrected chi connectivity index (χ2v) is 5.21. The van der Waals surface area contributed by atoms with Gasteiger partial charge >= 0.3 is 5.97 Å². The Labute approximate surface area is 130 Å². The Morgan fingerprint density at radius 3 is 2.45 bits per heavy atom. The van der Waals surface area contributed by atoms with E-state index < -0.39 is 5.97 Å². The largest absolute Gasteiger partial charge is 0.487 e. The number of ether oxygens (including phenoxy) is 1. The van der Waals surface area contributed by atoms with E-state index in [1.54, 1.807) is 12.1 Å². The van der Waals surface area contributed by atoms with Crippen LogP contribution >= 0.6 is 34.8 Å². The molecule has 0 radical (unpaired) electrons. The summed E-state index contributed by atoms with van der Waals surface area (Å²) in [4.78, 5) is 10.9. The number of carboxylic acid groups (broad SMARTS) is 1. The minimum Gasteiger partial charge on any atom is -0.487 e. The van der Waals surface area contributed by atoms with Gasteiger partial charge in [-0.25, -0.2) is 4.79 Å². The molecule has 3 nitrogen and oxygen atoms in total. The van der Waals surface area contributed by atoms with Crippen molar-refractivity contribution in [2.45, 2.75) is 6.61 Å². The molecule has 0 aromatic heterocycles. The van der Waals surface area contributed by atoms with Crippen LogP contribution in [0.15, 0.2) is 36.4 Å². The lowest BCUT2D eigenvalue weighted by Crippen LogP contribution is -2.00. The van der Waals surface area contributed by atoms with Gasteiger partial charge in [0.15, 0.2) is 0 Å². The van der Waals surface area contributed by atoms with Crippen molar-refractivity contribution in [2.75, 3.05) is 0 Å². The van der Waals surface area contributed by atoms with Gasteiger partial charge in [0.2, 0.25) is 0 Å². The minimum absolute atomic E-state index is 0.179. The Hall–Kier alpha value is -1.42. The van der Waals surface area contributed by atoms with Gasteiger partial charge in [-0.05, 0) is 23.8 Å². The van der Waals surface area contributed by atoms with E-state index in [1.807, 2.05) is 0 Å². The number of hydrogen-bond donors (Lipinski definition) is 1. The zero-order chi connectivity index (χ0) is 14.7. The minimum atomic E-state index is -0.987. The van der Waals surface area contributed by atoms with Crippen LogP contribution in [0.4, 0.5) is 0 Å². The number of hydrogen-bond acceptors (Lipinski definition) is 2. The Morgan fingerprint density at radius 2 is 1.75 bits per heavy atom. The van der Waals surface area contributed by atoms with Gasteiger partial charge in [-0.15, -0.1) is 0 Å². The van der Waals surface area contributed by atoms with E-state index in [4.69, 9.17) is 44.6 Å². The summed E-state index contributed by atoms with van der Waals surface area (Å²) in [5, 5.41) is 9.94. The molecule has 6 heteroatoms. The first-order valence-corrected chi connectivity index (χ1v) is 6.70. The van der Waals surface area contributed by atoms with Crippen molar-refractivity contribution in [1.82, 2.24) is 0 Å². The van der Waals surface area contributed by atoms with Crippen molar-refractivity contribution in [3.63, 3.8) is 0 Å². The van der Waals surface area contributed by atoms with E-state index in [2.05, 4.69) is 0 Å². The van der Waals surface area contributed by atoms with Crippen LogP contribution in [0.2, 0.25) is 15.1 Å². The van der Waals surface area contributed by atoms with Gasteiger partial charge in [0, 0.05) is 6.07 Å². The molecule has 0 aliphatic carbocycles. The highest BCUT2D eigenvalue weighted by molar-refractivity contribution is 6.43. The normalized spacial score (nSPS) is 10.3. The Morgan fingerprint density at radius 1 is 1.05 bits per heavy atom. The summed E-state index contributed by atoms with van der Waals surface area (Å²) in [6.45, 7) is 0.179. The molecule has 0 amide bonds. The molecule has 20 heavy (non-hydrogen) atoms. The predicted octanol–water partition coefficient (Wildman–Crippen LogP) is 4.92. The third-order valence-electron chi connectivity index (χ3n) is 2.54. The van der Waals surface area contributed by atoms with Crippen LogP contribution in [0, 0.1) is 0 Å². The maximum Gasteiger partial charge on any atom is 0.335 e. The molecule has 0 fully saturated rings. The van der Waals surface area contributed by atoms with Crippen molar-refractivity contribution in [3.05, 3.63) is 62.6 Å². The number of aromatic carboxylic acids is 1. The first-order chi connectivity index (χ1) is 9.47. The number of benzene rings is 2. The van der Waals surface area contributed by atoms with Gasteiger partial charge in [-0.1, -0.05) is 46.9 Å². The van der Waals surface area contributed by atoms with Gasteiger partial charge in [-0.3, -0.25) is 0 Å². The van der Waals surface area contributed by atoms with Crippen LogP contribution in [0.25, 0.3) is 0 Å². The summed E-state index contributed by atoms with van der Waals surface area (Å²) < 4.78 is 5.53. The first-order valence-electron chi connectivity index (χ1n) is 5.57. The molecule has 0 bridgehead atoms. The molecular formula is C14H9Cl3O3. The highest BCUT2D eigenvalue weighted by Crippen LogP contribution is 2.34. The van der Waals surface area contributed by atoms with Gasteiger partial charge < -0.3 is 9.84 Å². The maximum absolute atomic E-state index is 10.9. The van der Waals surface area contributed by atoms with Crippen LogP contribution in [-0.4, -0.2) is 11.1 Å². The molecule has 0 spiro atoms. The van der Waals surface area contributed by atoms with Crippen LogP contribution in [0.5, 0.6) is 5.75 Å². The smallest absolute Gasteiger partial charge is 0.335 e. The van der Waals surface area contributed by atoms with E-state index >= 15 is 0 Å². The van der Waals surface area contributed by atoms with Crippen LogP contribution in [-0.2, 0) is 6.61 Å². The molecule has 104 valence electrons. The fourth-order valence-corrected chi connectivity index (χ4v) is 2.16. The fourth-order valence-electron chi connectivity index (χ4n) is 1.57. The van der Waals surface area contributed by atoms with Crippen molar-refractivity contribution in [2.24, 2.45) is 0 Å². The molecule has 2 aromatic carbocycles. The summed E-state index contributed by atoms with van der Waals surface area (Å²) in [5.41, 5.74) is 0.915. The van der Waals surface area contributed by atoms with Gasteiger partial charge in [-0.2, -0.15) is 0 Å². The second-order valence-electron chi connectivity index (χ2n) is 3.99. The van der Waals surface area contributed by atoms with E-state index in [0.717, 1.165) is 0 Å². The number of carbonyl (C=O) groups is 1. The SMILES string of the molecule is O=C(O)c1cccc(COc2cc(Cl)c(Cl)cc2Cl)c1. The molecule has 0 saturated heterocycles. The van der Waals surface area contributed by atoms with Crippen molar-refractivity contribution < 1.29 is 14.6 Å². The molecule has 0 heterocycles. The van der Waals surface area contributed by atoms with Crippen LogP contribution in [0.3, 0.4) is 0 Å². The number of rotatable bonds is 4. The quantitative estimate of drug-likeness (QED) is 0.809. The predicted molar refractivity (Wildman–Crippen MR) is 79.2 cm³/mol. The molecule has 0 aliphatic heterocycles. The lowest BCUT2D eigenvalue weighted by atomic mass is 10.1. The summed E-state index contributed by atoms with van der Waals surface area (Å²) in [5.74, 6) is -0.596. The summed E-state index contributed by atoms with van der Waals surface area (Å²) in [6.07, 6.45) is 0. The maximum atomic E-state index is 10.9. The first kappa shape index (κ1) is 15.0. The molecule has 1 N–H and O–H groups in total. The Kier molecular flexibility index (Phi) is 4.76. The molecule has 2 rings (SSSR count). The molecule has 0 atom stereocenters. The Balaban J connectivity index is 2.15. The average Bonchev–Trinajstić information content (AvgIpc) is 2.41. The van der Waals surface area contributed by atoms with Crippen LogP contribution in [0.1, 0.15) is 15.9 Å². The highest BCUT2D eigenvalue weighted by Gasteiger charge is 2.08. The highest BCUT2D eigenvalue weighted by atomic mass is 35.5. The summed E-state index contributed by atoms with van der Waals surface area (Å²) in [7, 11) is 0.